The van der Waals surface area contributed by atoms with Gasteiger partial charge in [0.2, 0.25) is 0 Å². The van der Waals surface area contributed by atoms with Gasteiger partial charge in [-0.05, 0) is 31.7 Å². The van der Waals surface area contributed by atoms with Crippen molar-refractivity contribution in [3.8, 4) is 5.75 Å². The van der Waals surface area contributed by atoms with Crippen molar-refractivity contribution in [2.45, 2.75) is 19.1 Å². The Hall–Kier alpha value is -1.36. The Bertz CT molecular complexity index is 574. The van der Waals surface area contributed by atoms with Crippen molar-refractivity contribution in [1.82, 2.24) is 5.32 Å². The highest BCUT2D eigenvalue weighted by Gasteiger charge is 2.13. The fourth-order valence-corrected chi connectivity index (χ4v) is 2.43. The van der Waals surface area contributed by atoms with Crippen LogP contribution in [0.15, 0.2) is 53.0 Å². The summed E-state index contributed by atoms with van der Waals surface area (Å²) in [5.41, 5.74) is 1.93. The Kier molecular flexibility index (Phi) is 5.79. The lowest BCUT2D eigenvalue weighted by molar-refractivity contribution is 0.107. The summed E-state index contributed by atoms with van der Waals surface area (Å²) in [6, 6.07) is 15.7. The first-order valence-electron chi connectivity index (χ1n) is 6.94. The van der Waals surface area contributed by atoms with Crippen molar-refractivity contribution in [2.24, 2.45) is 0 Å². The second-order valence-electron chi connectivity index (χ2n) is 4.93. The van der Waals surface area contributed by atoms with Gasteiger partial charge in [0.15, 0.2) is 0 Å². The molecule has 0 aliphatic rings. The maximum absolute atomic E-state index is 10.2. The molecule has 2 atom stereocenters. The van der Waals surface area contributed by atoms with E-state index in [-0.39, 0.29) is 12.6 Å². The summed E-state index contributed by atoms with van der Waals surface area (Å²) in [6.45, 7) is 2.30. The minimum atomic E-state index is -0.636. The summed E-state index contributed by atoms with van der Waals surface area (Å²) in [7, 11) is 1.91. The quantitative estimate of drug-likeness (QED) is 0.832. The number of halogens is 1. The van der Waals surface area contributed by atoms with Crippen LogP contribution in [0.2, 0.25) is 0 Å². The molecule has 2 aromatic rings. The van der Waals surface area contributed by atoms with Gasteiger partial charge in [0.05, 0.1) is 0 Å². The van der Waals surface area contributed by atoms with Crippen molar-refractivity contribution < 1.29 is 9.84 Å². The van der Waals surface area contributed by atoms with Gasteiger partial charge in [-0.15, -0.1) is 0 Å². The van der Waals surface area contributed by atoms with E-state index in [1.54, 1.807) is 0 Å². The van der Waals surface area contributed by atoms with E-state index in [2.05, 4.69) is 28.2 Å². The second kappa shape index (κ2) is 7.59. The molecule has 0 heterocycles. The van der Waals surface area contributed by atoms with Crippen LogP contribution in [0.25, 0.3) is 0 Å². The number of nitrogens with one attached hydrogen (secondary N) is 1. The summed E-state index contributed by atoms with van der Waals surface area (Å²) < 4.78 is 6.79. The van der Waals surface area contributed by atoms with Crippen LogP contribution in [-0.2, 0) is 0 Å². The zero-order valence-electron chi connectivity index (χ0n) is 12.2. The molecule has 0 aliphatic heterocycles. The monoisotopic (exact) mass is 349 g/mol. The van der Waals surface area contributed by atoms with Crippen LogP contribution in [0.3, 0.4) is 0 Å². The van der Waals surface area contributed by atoms with Gasteiger partial charge in [0, 0.05) is 16.1 Å². The molecule has 0 aromatic heterocycles. The minimum Gasteiger partial charge on any atom is -0.490 e. The Morgan fingerprint density at radius 3 is 2.57 bits per heavy atom. The Morgan fingerprint density at radius 1 is 1.19 bits per heavy atom. The Labute approximate surface area is 134 Å². The maximum atomic E-state index is 10.2. The van der Waals surface area contributed by atoms with Gasteiger partial charge < -0.3 is 15.2 Å². The molecule has 0 radical (unpaired) electrons. The number of benzene rings is 2. The summed E-state index contributed by atoms with van der Waals surface area (Å²) in [6.07, 6.45) is -0.636. The van der Waals surface area contributed by atoms with E-state index in [0.29, 0.717) is 0 Å². The predicted octanol–water partition coefficient (Wildman–Crippen LogP) is 3.84. The molecule has 0 fully saturated rings. The third kappa shape index (κ3) is 4.30. The van der Waals surface area contributed by atoms with Crippen molar-refractivity contribution in [3.63, 3.8) is 0 Å². The normalized spacial score (nSPS) is 13.7. The largest absolute Gasteiger partial charge is 0.490 e. The molecule has 2 aromatic carbocycles. The first kappa shape index (κ1) is 16.0. The number of hydrogen-bond donors (Lipinski definition) is 2. The van der Waals surface area contributed by atoms with E-state index in [1.165, 1.54) is 0 Å². The van der Waals surface area contributed by atoms with E-state index in [4.69, 9.17) is 4.74 Å². The van der Waals surface area contributed by atoms with Crippen LogP contribution in [0, 0.1) is 0 Å². The van der Waals surface area contributed by atoms with Gasteiger partial charge in [-0.3, -0.25) is 0 Å². The minimum absolute atomic E-state index is 0.182. The molecule has 0 bridgehead atoms. The number of hydrogen-bond acceptors (Lipinski definition) is 3. The predicted molar refractivity (Wildman–Crippen MR) is 88.5 cm³/mol. The van der Waals surface area contributed by atoms with Crippen molar-refractivity contribution >= 4 is 15.9 Å². The molecule has 3 nitrogen and oxygen atoms in total. The van der Waals surface area contributed by atoms with Gasteiger partial charge in [0.1, 0.15) is 18.5 Å². The molecule has 112 valence electrons. The van der Waals surface area contributed by atoms with Crippen molar-refractivity contribution in [2.75, 3.05) is 13.7 Å². The van der Waals surface area contributed by atoms with Crippen LogP contribution in [-0.4, -0.2) is 18.8 Å². The van der Waals surface area contributed by atoms with E-state index >= 15 is 0 Å². The van der Waals surface area contributed by atoms with E-state index in [9.17, 15) is 5.11 Å². The summed E-state index contributed by atoms with van der Waals surface area (Å²) in [4.78, 5) is 0. The number of rotatable bonds is 6. The summed E-state index contributed by atoms with van der Waals surface area (Å²) in [5.74, 6) is 0.779. The highest BCUT2D eigenvalue weighted by Crippen LogP contribution is 2.29. The van der Waals surface area contributed by atoms with Gasteiger partial charge in [-0.25, -0.2) is 0 Å². The highest BCUT2D eigenvalue weighted by molar-refractivity contribution is 9.10. The average molecular weight is 350 g/mol. The Morgan fingerprint density at radius 2 is 1.90 bits per heavy atom. The van der Waals surface area contributed by atoms with Crippen LogP contribution < -0.4 is 10.1 Å². The lowest BCUT2D eigenvalue weighted by atomic mass is 10.1. The zero-order chi connectivity index (χ0) is 15.2. The lowest BCUT2D eigenvalue weighted by Gasteiger charge is -2.19. The maximum Gasteiger partial charge on any atom is 0.125 e. The average Bonchev–Trinajstić information content (AvgIpc) is 2.52. The topological polar surface area (TPSA) is 41.5 Å². The molecular formula is C17H20BrNO2. The molecule has 2 rings (SSSR count). The van der Waals surface area contributed by atoms with Gasteiger partial charge in [-0.1, -0.05) is 52.3 Å². The molecule has 0 saturated carbocycles. The second-order valence-corrected chi connectivity index (χ2v) is 5.85. The van der Waals surface area contributed by atoms with Crippen LogP contribution in [0.4, 0.5) is 0 Å². The number of aliphatic hydroxyl groups is 1. The molecule has 2 N–H and O–H groups in total. The molecule has 0 aliphatic carbocycles. The fraction of sp³-hybridized carbons (Fsp3) is 0.294. The van der Waals surface area contributed by atoms with Gasteiger partial charge >= 0.3 is 0 Å². The molecule has 4 heteroatoms. The zero-order valence-corrected chi connectivity index (χ0v) is 13.8. The lowest BCUT2D eigenvalue weighted by Crippen LogP contribution is -2.15. The summed E-state index contributed by atoms with van der Waals surface area (Å²) in [5, 5.41) is 13.4. The fourth-order valence-electron chi connectivity index (χ4n) is 2.09. The summed E-state index contributed by atoms with van der Waals surface area (Å²) >= 11 is 3.46. The van der Waals surface area contributed by atoms with E-state index < -0.39 is 6.10 Å². The smallest absolute Gasteiger partial charge is 0.125 e. The molecule has 21 heavy (non-hydrogen) atoms. The van der Waals surface area contributed by atoms with E-state index in [1.807, 2.05) is 55.6 Å². The van der Waals surface area contributed by atoms with Gasteiger partial charge in [0.25, 0.3) is 0 Å². The van der Waals surface area contributed by atoms with Crippen molar-refractivity contribution in [1.29, 1.82) is 0 Å². The SMILES string of the molecule is CNC(C)c1ccc(Br)cc1OCC(O)c1ccccc1. The first-order chi connectivity index (χ1) is 10.1. The molecule has 0 spiro atoms. The molecule has 0 saturated heterocycles. The Balaban J connectivity index is 2.10. The van der Waals surface area contributed by atoms with Gasteiger partial charge in [-0.2, -0.15) is 0 Å². The van der Waals surface area contributed by atoms with E-state index in [0.717, 1.165) is 21.3 Å². The standard InChI is InChI=1S/C17H20BrNO2/c1-12(19-2)15-9-8-14(18)10-17(15)21-11-16(20)13-6-4-3-5-7-13/h3-10,12,16,19-20H,11H2,1-2H3. The van der Waals surface area contributed by atoms with Crippen LogP contribution >= 0.6 is 15.9 Å². The third-order valence-corrected chi connectivity index (χ3v) is 3.95. The first-order valence-corrected chi connectivity index (χ1v) is 7.73. The highest BCUT2D eigenvalue weighted by atomic mass is 79.9. The third-order valence-electron chi connectivity index (χ3n) is 3.46. The van der Waals surface area contributed by atoms with Crippen LogP contribution in [0.5, 0.6) is 5.75 Å². The molecular weight excluding hydrogens is 330 g/mol. The van der Waals surface area contributed by atoms with Crippen LogP contribution in [0.1, 0.15) is 30.2 Å². The number of aliphatic hydroxyl groups excluding tert-OH is 1. The number of ether oxygens (including phenoxy) is 1. The molecule has 0 amide bonds. The molecule has 2 unspecified atom stereocenters. The van der Waals surface area contributed by atoms with Crippen molar-refractivity contribution in [3.05, 3.63) is 64.1 Å².